The lowest BCUT2D eigenvalue weighted by molar-refractivity contribution is 0.794. The number of fused-ring (bicyclic) bond motifs is 1. The van der Waals surface area contributed by atoms with E-state index in [4.69, 9.17) is 10.7 Å². The highest BCUT2D eigenvalue weighted by atomic mass is 15.2. The van der Waals surface area contributed by atoms with E-state index in [0.717, 1.165) is 31.7 Å². The Morgan fingerprint density at radius 2 is 2.00 bits per heavy atom. The van der Waals surface area contributed by atoms with E-state index in [9.17, 15) is 0 Å². The second kappa shape index (κ2) is 6.27. The van der Waals surface area contributed by atoms with Crippen LogP contribution in [0.25, 0.3) is 0 Å². The molecule has 2 aromatic rings. The molecule has 0 unspecified atom stereocenters. The van der Waals surface area contributed by atoms with Gasteiger partial charge in [-0.3, -0.25) is 0 Å². The molecule has 0 atom stereocenters. The molecule has 3 rings (SSSR count). The average molecular weight is 281 g/mol. The van der Waals surface area contributed by atoms with Crippen molar-refractivity contribution in [1.29, 1.82) is 0 Å². The van der Waals surface area contributed by atoms with Crippen molar-refractivity contribution in [2.24, 2.45) is 5.73 Å². The van der Waals surface area contributed by atoms with Gasteiger partial charge in [0.25, 0.3) is 0 Å². The zero-order valence-corrected chi connectivity index (χ0v) is 12.7. The molecule has 1 aromatic heterocycles. The summed E-state index contributed by atoms with van der Waals surface area (Å²) in [4.78, 5) is 7.27. The summed E-state index contributed by atoms with van der Waals surface area (Å²) in [5.74, 6) is 1.07. The smallest absolute Gasteiger partial charge is 0.133 e. The zero-order valence-electron chi connectivity index (χ0n) is 12.7. The first kappa shape index (κ1) is 14.1. The number of anilines is 1. The van der Waals surface area contributed by atoms with Gasteiger partial charge in [0, 0.05) is 30.9 Å². The van der Waals surface area contributed by atoms with E-state index in [-0.39, 0.29) is 0 Å². The molecule has 0 amide bonds. The number of nitrogens with zero attached hydrogens (tertiary/aromatic N) is 2. The van der Waals surface area contributed by atoms with Gasteiger partial charge in [0.05, 0.1) is 0 Å². The minimum absolute atomic E-state index is 0.556. The molecule has 0 saturated carbocycles. The minimum Gasteiger partial charge on any atom is -0.352 e. The second-order valence-electron chi connectivity index (χ2n) is 5.63. The molecule has 1 aliphatic carbocycles. The molecule has 0 bridgehead atoms. The summed E-state index contributed by atoms with van der Waals surface area (Å²) in [5, 5.41) is 0. The van der Waals surface area contributed by atoms with Crippen molar-refractivity contribution in [3.05, 3.63) is 58.8 Å². The van der Waals surface area contributed by atoms with Crippen LogP contribution in [0.2, 0.25) is 0 Å². The Kier molecular flexibility index (Phi) is 4.20. The molecule has 0 radical (unpaired) electrons. The average Bonchev–Trinajstić information content (AvgIpc) is 2.99. The van der Waals surface area contributed by atoms with Crippen LogP contribution >= 0.6 is 0 Å². The highest BCUT2D eigenvalue weighted by Gasteiger charge is 2.18. The first-order valence-corrected chi connectivity index (χ1v) is 7.82. The summed E-state index contributed by atoms with van der Waals surface area (Å²) in [7, 11) is 0. The van der Waals surface area contributed by atoms with Gasteiger partial charge < -0.3 is 10.6 Å². The van der Waals surface area contributed by atoms with Crippen LogP contribution < -0.4 is 10.6 Å². The molecule has 0 fully saturated rings. The topological polar surface area (TPSA) is 42.2 Å². The molecule has 2 N–H and O–H groups in total. The van der Waals surface area contributed by atoms with Crippen LogP contribution in [0.5, 0.6) is 0 Å². The summed E-state index contributed by atoms with van der Waals surface area (Å²) >= 11 is 0. The van der Waals surface area contributed by atoms with E-state index in [2.05, 4.69) is 48.2 Å². The van der Waals surface area contributed by atoms with Crippen molar-refractivity contribution in [2.45, 2.75) is 39.3 Å². The van der Waals surface area contributed by atoms with Crippen molar-refractivity contribution < 1.29 is 0 Å². The number of hydrogen-bond donors (Lipinski definition) is 1. The molecule has 1 heterocycles. The van der Waals surface area contributed by atoms with Gasteiger partial charge in [-0.15, -0.1) is 0 Å². The van der Waals surface area contributed by atoms with Gasteiger partial charge in [-0.05, 0) is 43.4 Å². The maximum atomic E-state index is 5.96. The van der Waals surface area contributed by atoms with Crippen LogP contribution in [0.15, 0.2) is 36.4 Å². The monoisotopic (exact) mass is 281 g/mol. The van der Waals surface area contributed by atoms with Crippen molar-refractivity contribution >= 4 is 5.82 Å². The third-order valence-electron chi connectivity index (χ3n) is 4.22. The van der Waals surface area contributed by atoms with Gasteiger partial charge in [-0.1, -0.05) is 30.3 Å². The second-order valence-corrected chi connectivity index (χ2v) is 5.63. The van der Waals surface area contributed by atoms with E-state index >= 15 is 0 Å². The number of hydrogen-bond acceptors (Lipinski definition) is 3. The van der Waals surface area contributed by atoms with Crippen LogP contribution in [-0.4, -0.2) is 11.5 Å². The largest absolute Gasteiger partial charge is 0.352 e. The van der Waals surface area contributed by atoms with Crippen LogP contribution in [0.4, 0.5) is 5.82 Å². The Morgan fingerprint density at radius 3 is 2.71 bits per heavy atom. The Bertz CT molecular complexity index is 607. The van der Waals surface area contributed by atoms with Crippen molar-refractivity contribution in [3.63, 3.8) is 0 Å². The number of rotatable bonds is 5. The molecule has 1 aromatic carbocycles. The van der Waals surface area contributed by atoms with E-state index < -0.39 is 0 Å². The molecule has 3 nitrogen and oxygen atoms in total. The van der Waals surface area contributed by atoms with Gasteiger partial charge in [0.2, 0.25) is 0 Å². The first-order valence-electron chi connectivity index (χ1n) is 7.82. The number of aryl methyl sites for hydroxylation is 2. The first-order chi connectivity index (χ1) is 10.3. The van der Waals surface area contributed by atoms with Gasteiger partial charge in [0.1, 0.15) is 5.82 Å². The lowest BCUT2D eigenvalue weighted by atomic mass is 10.1. The highest BCUT2D eigenvalue weighted by molar-refractivity contribution is 5.51. The van der Waals surface area contributed by atoms with E-state index in [1.165, 1.54) is 28.8 Å². The maximum absolute atomic E-state index is 5.96. The fourth-order valence-electron chi connectivity index (χ4n) is 3.07. The number of aromatic nitrogens is 1. The minimum atomic E-state index is 0.556. The predicted octanol–water partition coefficient (Wildman–Crippen LogP) is 3.06. The Labute approximate surface area is 126 Å². The highest BCUT2D eigenvalue weighted by Crippen LogP contribution is 2.28. The molecule has 0 saturated heterocycles. The molecule has 21 heavy (non-hydrogen) atoms. The fourth-order valence-corrected chi connectivity index (χ4v) is 3.07. The molecular weight excluding hydrogens is 258 g/mol. The van der Waals surface area contributed by atoms with Crippen molar-refractivity contribution in [1.82, 2.24) is 4.98 Å². The van der Waals surface area contributed by atoms with Crippen LogP contribution in [0.3, 0.4) is 0 Å². The molecule has 3 heteroatoms. The van der Waals surface area contributed by atoms with Crippen molar-refractivity contribution in [3.8, 4) is 0 Å². The summed E-state index contributed by atoms with van der Waals surface area (Å²) in [6, 6.07) is 12.8. The lowest BCUT2D eigenvalue weighted by Crippen LogP contribution is -2.25. The van der Waals surface area contributed by atoms with Gasteiger partial charge in [-0.25, -0.2) is 4.98 Å². The quantitative estimate of drug-likeness (QED) is 0.916. The Hall–Kier alpha value is -1.87. The summed E-state index contributed by atoms with van der Waals surface area (Å²) in [6.07, 6.45) is 3.48. The van der Waals surface area contributed by atoms with Gasteiger partial charge in [0.15, 0.2) is 0 Å². The van der Waals surface area contributed by atoms with Crippen LogP contribution in [-0.2, 0) is 25.9 Å². The van der Waals surface area contributed by atoms with E-state index in [1.807, 2.05) is 0 Å². The van der Waals surface area contributed by atoms with Crippen LogP contribution in [0, 0.1) is 0 Å². The molecule has 0 aliphatic heterocycles. The summed E-state index contributed by atoms with van der Waals surface area (Å²) in [6.45, 7) is 4.56. The summed E-state index contributed by atoms with van der Waals surface area (Å²) < 4.78 is 0. The number of benzene rings is 1. The van der Waals surface area contributed by atoms with E-state index in [0.29, 0.717) is 6.54 Å². The number of nitrogens with two attached hydrogens (primary N) is 1. The molecule has 1 aliphatic rings. The standard InChI is InChI=1S/C18H23N3/c1-2-21(13-14-7-4-3-5-8-14)18-16(12-19)11-15-9-6-10-17(15)20-18/h3-5,7-8,11H,2,6,9-10,12-13,19H2,1H3. The Morgan fingerprint density at radius 1 is 1.19 bits per heavy atom. The zero-order chi connectivity index (χ0) is 14.7. The molecular formula is C18H23N3. The number of pyridine rings is 1. The fraction of sp³-hybridized carbons (Fsp3) is 0.389. The molecule has 110 valence electrons. The van der Waals surface area contributed by atoms with Gasteiger partial charge >= 0.3 is 0 Å². The molecule has 0 spiro atoms. The van der Waals surface area contributed by atoms with Gasteiger partial charge in [-0.2, -0.15) is 0 Å². The Balaban J connectivity index is 1.93. The van der Waals surface area contributed by atoms with Crippen LogP contribution in [0.1, 0.15) is 35.7 Å². The van der Waals surface area contributed by atoms with E-state index in [1.54, 1.807) is 0 Å². The lowest BCUT2D eigenvalue weighted by Gasteiger charge is -2.25. The third-order valence-corrected chi connectivity index (χ3v) is 4.22. The SMILES string of the molecule is CCN(Cc1ccccc1)c1nc2c(cc1CN)CCC2. The third kappa shape index (κ3) is 2.93. The maximum Gasteiger partial charge on any atom is 0.133 e. The normalized spacial score (nSPS) is 13.2. The van der Waals surface area contributed by atoms with Crippen molar-refractivity contribution in [2.75, 3.05) is 11.4 Å². The predicted molar refractivity (Wildman–Crippen MR) is 87.3 cm³/mol. The summed E-state index contributed by atoms with van der Waals surface area (Å²) in [5.41, 5.74) is 11.1.